The Kier molecular flexibility index (Phi) is 3.84. The maximum atomic E-state index is 3.65. The number of thioether (sulfide) groups is 1. The van der Waals surface area contributed by atoms with Crippen molar-refractivity contribution < 1.29 is 0 Å². The molecule has 1 unspecified atom stereocenters. The third-order valence-corrected chi connectivity index (χ3v) is 4.48. The van der Waals surface area contributed by atoms with Crippen LogP contribution in [-0.4, -0.2) is 12.3 Å². The second kappa shape index (κ2) is 5.03. The molecule has 0 spiro atoms. The molecule has 0 aromatic heterocycles. The van der Waals surface area contributed by atoms with Crippen molar-refractivity contribution >= 4 is 11.8 Å². The van der Waals surface area contributed by atoms with Gasteiger partial charge in [0.2, 0.25) is 0 Å². The Morgan fingerprint density at radius 1 is 1.35 bits per heavy atom. The third-order valence-electron chi connectivity index (χ3n) is 3.30. The van der Waals surface area contributed by atoms with E-state index < -0.39 is 0 Å². The van der Waals surface area contributed by atoms with Crippen LogP contribution in [0.4, 0.5) is 0 Å². The number of fused-ring (bicyclic) bond motifs is 1. The van der Waals surface area contributed by atoms with E-state index in [0.29, 0.717) is 6.04 Å². The fraction of sp³-hybridized carbons (Fsp3) is 0.600. The summed E-state index contributed by atoms with van der Waals surface area (Å²) in [6.45, 7) is 10.2. The Hall–Kier alpha value is -0.470. The second-order valence-corrected chi connectivity index (χ2v) is 6.88. The molecule has 17 heavy (non-hydrogen) atoms. The summed E-state index contributed by atoms with van der Waals surface area (Å²) in [7, 11) is 0. The van der Waals surface area contributed by atoms with Crippen molar-refractivity contribution in [1.29, 1.82) is 0 Å². The largest absolute Gasteiger partial charge is 0.309 e. The lowest BCUT2D eigenvalue weighted by Gasteiger charge is -2.21. The van der Waals surface area contributed by atoms with Crippen molar-refractivity contribution in [3.63, 3.8) is 0 Å². The molecule has 2 heteroatoms. The molecule has 1 aliphatic rings. The van der Waals surface area contributed by atoms with Gasteiger partial charge in [-0.1, -0.05) is 39.8 Å². The molecule has 1 aromatic rings. The van der Waals surface area contributed by atoms with Gasteiger partial charge in [0, 0.05) is 16.7 Å². The Labute approximate surface area is 109 Å². The van der Waals surface area contributed by atoms with Gasteiger partial charge >= 0.3 is 0 Å². The number of nitrogens with one attached hydrogen (secondary N) is 1. The highest BCUT2D eigenvalue weighted by Gasteiger charge is 2.24. The van der Waals surface area contributed by atoms with Gasteiger partial charge in [0.1, 0.15) is 0 Å². The van der Waals surface area contributed by atoms with Crippen molar-refractivity contribution in [2.75, 3.05) is 12.3 Å². The molecular weight excluding hydrogens is 226 g/mol. The van der Waals surface area contributed by atoms with Crippen LogP contribution in [0.5, 0.6) is 0 Å². The monoisotopic (exact) mass is 249 g/mol. The van der Waals surface area contributed by atoms with E-state index in [4.69, 9.17) is 0 Å². The zero-order valence-corrected chi connectivity index (χ0v) is 12.2. The van der Waals surface area contributed by atoms with Crippen LogP contribution in [0.2, 0.25) is 0 Å². The summed E-state index contributed by atoms with van der Waals surface area (Å²) in [6.07, 6.45) is 1.20. The second-order valence-electron chi connectivity index (χ2n) is 5.82. The van der Waals surface area contributed by atoms with Crippen LogP contribution < -0.4 is 5.32 Å². The first-order valence-electron chi connectivity index (χ1n) is 6.53. The molecule has 0 radical (unpaired) electrons. The van der Waals surface area contributed by atoms with Gasteiger partial charge in [-0.05, 0) is 35.6 Å². The Balaban J connectivity index is 2.24. The van der Waals surface area contributed by atoms with Gasteiger partial charge in [-0.15, -0.1) is 11.8 Å². The molecule has 0 saturated carbocycles. The minimum Gasteiger partial charge on any atom is -0.309 e. The maximum absolute atomic E-state index is 3.65. The first-order valence-corrected chi connectivity index (χ1v) is 7.51. The predicted octanol–water partition coefficient (Wildman–Crippen LogP) is 4.13. The van der Waals surface area contributed by atoms with Crippen LogP contribution in [0.15, 0.2) is 23.1 Å². The topological polar surface area (TPSA) is 12.0 Å². The van der Waals surface area contributed by atoms with E-state index in [1.54, 1.807) is 0 Å². The fourth-order valence-corrected chi connectivity index (χ4v) is 3.34. The summed E-state index contributed by atoms with van der Waals surface area (Å²) in [6, 6.07) is 7.54. The van der Waals surface area contributed by atoms with E-state index in [1.165, 1.54) is 28.2 Å². The molecule has 0 bridgehead atoms. The van der Waals surface area contributed by atoms with E-state index in [1.807, 2.05) is 11.8 Å². The van der Waals surface area contributed by atoms with Gasteiger partial charge in [0.25, 0.3) is 0 Å². The van der Waals surface area contributed by atoms with Crippen LogP contribution >= 0.6 is 11.8 Å². The molecular formula is C15H23NS. The molecule has 0 amide bonds. The van der Waals surface area contributed by atoms with E-state index in [2.05, 4.69) is 51.2 Å². The molecule has 1 aromatic carbocycles. The zero-order valence-electron chi connectivity index (χ0n) is 11.3. The molecule has 0 aliphatic carbocycles. The van der Waals surface area contributed by atoms with Gasteiger partial charge in [-0.3, -0.25) is 0 Å². The van der Waals surface area contributed by atoms with Gasteiger partial charge in [0.15, 0.2) is 0 Å². The molecule has 0 saturated heterocycles. The van der Waals surface area contributed by atoms with Crippen molar-refractivity contribution in [2.24, 2.45) is 0 Å². The number of rotatable bonds is 3. The quantitative estimate of drug-likeness (QED) is 0.864. The Morgan fingerprint density at radius 2 is 2.12 bits per heavy atom. The lowest BCUT2D eigenvalue weighted by Crippen LogP contribution is -2.22. The summed E-state index contributed by atoms with van der Waals surface area (Å²) in [5, 5.41) is 3.65. The average molecular weight is 249 g/mol. The van der Waals surface area contributed by atoms with Gasteiger partial charge in [-0.2, -0.15) is 0 Å². The first kappa shape index (κ1) is 13.0. The minimum absolute atomic E-state index is 0.248. The summed E-state index contributed by atoms with van der Waals surface area (Å²) < 4.78 is 0. The first-order chi connectivity index (χ1) is 8.02. The average Bonchev–Trinajstić information content (AvgIpc) is 2.67. The van der Waals surface area contributed by atoms with Crippen LogP contribution in [-0.2, 0) is 5.41 Å². The lowest BCUT2D eigenvalue weighted by molar-refractivity contribution is 0.566. The Bertz CT molecular complexity index is 392. The van der Waals surface area contributed by atoms with Crippen molar-refractivity contribution in [2.45, 2.75) is 50.5 Å². The van der Waals surface area contributed by atoms with Gasteiger partial charge < -0.3 is 5.32 Å². The highest BCUT2D eigenvalue weighted by molar-refractivity contribution is 7.99. The van der Waals surface area contributed by atoms with Crippen LogP contribution in [0.1, 0.15) is 51.3 Å². The normalized spacial score (nSPS) is 19.4. The molecule has 1 atom stereocenters. The summed E-state index contributed by atoms with van der Waals surface area (Å²) in [5.41, 5.74) is 3.20. The van der Waals surface area contributed by atoms with Gasteiger partial charge in [0.05, 0.1) is 0 Å². The molecule has 94 valence electrons. The number of benzene rings is 1. The highest BCUT2D eigenvalue weighted by atomic mass is 32.2. The molecule has 0 fully saturated rings. The van der Waals surface area contributed by atoms with E-state index >= 15 is 0 Å². The SMILES string of the molecule is CCCNC1CSc2ccc(C(C)(C)C)cc21. The molecule has 1 nitrogen and oxygen atoms in total. The molecule has 1 heterocycles. The van der Waals surface area contributed by atoms with Crippen molar-refractivity contribution in [3.8, 4) is 0 Å². The fourth-order valence-electron chi connectivity index (χ4n) is 2.17. The van der Waals surface area contributed by atoms with E-state index in [-0.39, 0.29) is 5.41 Å². The van der Waals surface area contributed by atoms with Crippen LogP contribution in [0.25, 0.3) is 0 Å². The van der Waals surface area contributed by atoms with E-state index in [0.717, 1.165) is 6.54 Å². The standard InChI is InChI=1S/C15H23NS/c1-5-8-16-13-10-17-14-7-6-11(9-12(13)14)15(2,3)4/h6-7,9,13,16H,5,8,10H2,1-4H3. The summed E-state index contributed by atoms with van der Waals surface area (Å²) in [5.74, 6) is 1.18. The Morgan fingerprint density at radius 3 is 2.76 bits per heavy atom. The number of hydrogen-bond acceptors (Lipinski definition) is 2. The lowest BCUT2D eigenvalue weighted by atomic mass is 9.85. The molecule has 2 rings (SSSR count). The van der Waals surface area contributed by atoms with Crippen molar-refractivity contribution in [3.05, 3.63) is 29.3 Å². The molecule has 1 aliphatic heterocycles. The van der Waals surface area contributed by atoms with E-state index in [9.17, 15) is 0 Å². The van der Waals surface area contributed by atoms with Gasteiger partial charge in [-0.25, -0.2) is 0 Å². The van der Waals surface area contributed by atoms with Crippen molar-refractivity contribution in [1.82, 2.24) is 5.32 Å². The summed E-state index contributed by atoms with van der Waals surface area (Å²) in [4.78, 5) is 1.46. The van der Waals surface area contributed by atoms with Crippen LogP contribution in [0.3, 0.4) is 0 Å². The van der Waals surface area contributed by atoms with Crippen LogP contribution in [0, 0.1) is 0 Å². The number of hydrogen-bond donors (Lipinski definition) is 1. The smallest absolute Gasteiger partial charge is 0.0426 e. The minimum atomic E-state index is 0.248. The third kappa shape index (κ3) is 2.86. The summed E-state index contributed by atoms with van der Waals surface area (Å²) >= 11 is 1.98. The highest BCUT2D eigenvalue weighted by Crippen LogP contribution is 2.40. The predicted molar refractivity (Wildman–Crippen MR) is 76.9 cm³/mol. The molecule has 1 N–H and O–H groups in total. The maximum Gasteiger partial charge on any atom is 0.0426 e. The zero-order chi connectivity index (χ0) is 12.5.